The zero-order valence-electron chi connectivity index (χ0n) is 10.5. The molecule has 1 aromatic rings. The van der Waals surface area contributed by atoms with Crippen LogP contribution in [-0.4, -0.2) is 37.3 Å². The molecule has 0 aliphatic carbocycles. The molecule has 98 valence electrons. The first-order valence-corrected chi connectivity index (χ1v) is 6.16. The van der Waals surface area contributed by atoms with Gasteiger partial charge >= 0.3 is 0 Å². The number of aliphatic hydroxyl groups excluding tert-OH is 1. The Hall–Kier alpha value is -1.75. The van der Waals surface area contributed by atoms with Crippen LogP contribution in [0, 0.1) is 0 Å². The van der Waals surface area contributed by atoms with Crippen LogP contribution in [0.5, 0.6) is 0 Å². The Morgan fingerprint density at radius 1 is 1.56 bits per heavy atom. The number of nitrogens with one attached hydrogen (secondary N) is 1. The van der Waals surface area contributed by atoms with Crippen LogP contribution >= 0.6 is 0 Å². The molecule has 0 saturated carbocycles. The number of hydrogen-bond acceptors (Lipinski definition) is 4. The van der Waals surface area contributed by atoms with Gasteiger partial charge in [-0.2, -0.15) is 0 Å². The van der Waals surface area contributed by atoms with Gasteiger partial charge < -0.3 is 21.1 Å². The van der Waals surface area contributed by atoms with E-state index in [9.17, 15) is 9.90 Å². The highest BCUT2D eigenvalue weighted by Crippen LogP contribution is 2.26. The lowest BCUT2D eigenvalue weighted by atomic mass is 10.0. The predicted molar refractivity (Wildman–Crippen MR) is 71.7 cm³/mol. The Morgan fingerprint density at radius 3 is 3.00 bits per heavy atom. The van der Waals surface area contributed by atoms with Crippen molar-refractivity contribution >= 4 is 17.3 Å². The standard InChI is InChI=1S/C13H19N3O2/c1-15-13(18)11-5-4-9(14)7-12(11)16-6-2-3-10(17)8-16/h4-5,7,10,17H,2-3,6,8,14H2,1H3,(H,15,18). The average Bonchev–Trinajstić information content (AvgIpc) is 2.38. The molecule has 1 atom stereocenters. The number of carbonyl (C=O) groups excluding carboxylic acids is 1. The topological polar surface area (TPSA) is 78.6 Å². The minimum absolute atomic E-state index is 0.134. The van der Waals surface area contributed by atoms with E-state index in [1.54, 1.807) is 25.2 Å². The van der Waals surface area contributed by atoms with Crippen molar-refractivity contribution in [3.63, 3.8) is 0 Å². The minimum Gasteiger partial charge on any atom is -0.399 e. The first-order chi connectivity index (χ1) is 8.61. The molecule has 1 unspecified atom stereocenters. The highest BCUT2D eigenvalue weighted by atomic mass is 16.3. The number of nitrogen functional groups attached to an aromatic ring is 1. The van der Waals surface area contributed by atoms with Gasteiger partial charge in [0.05, 0.1) is 17.4 Å². The molecule has 1 heterocycles. The summed E-state index contributed by atoms with van der Waals surface area (Å²) in [5, 5.41) is 12.3. The molecule has 1 aromatic carbocycles. The summed E-state index contributed by atoms with van der Waals surface area (Å²) in [4.78, 5) is 13.9. The molecule has 1 aliphatic heterocycles. The average molecular weight is 249 g/mol. The molecule has 1 amide bonds. The highest BCUT2D eigenvalue weighted by Gasteiger charge is 2.22. The van der Waals surface area contributed by atoms with Crippen molar-refractivity contribution in [3.8, 4) is 0 Å². The van der Waals surface area contributed by atoms with Crippen LogP contribution in [0.1, 0.15) is 23.2 Å². The van der Waals surface area contributed by atoms with Gasteiger partial charge in [-0.3, -0.25) is 4.79 Å². The maximum absolute atomic E-state index is 11.8. The third-order valence-electron chi connectivity index (χ3n) is 3.23. The second-order valence-corrected chi connectivity index (χ2v) is 4.60. The van der Waals surface area contributed by atoms with Gasteiger partial charge in [-0.05, 0) is 31.0 Å². The maximum Gasteiger partial charge on any atom is 0.253 e. The van der Waals surface area contributed by atoms with Crippen LogP contribution in [0.4, 0.5) is 11.4 Å². The van der Waals surface area contributed by atoms with E-state index in [0.717, 1.165) is 25.1 Å². The smallest absolute Gasteiger partial charge is 0.253 e. The second kappa shape index (κ2) is 5.27. The first-order valence-electron chi connectivity index (χ1n) is 6.16. The zero-order chi connectivity index (χ0) is 13.1. The largest absolute Gasteiger partial charge is 0.399 e. The van der Waals surface area contributed by atoms with Gasteiger partial charge in [-0.15, -0.1) is 0 Å². The summed E-state index contributed by atoms with van der Waals surface area (Å²) < 4.78 is 0. The van der Waals surface area contributed by atoms with E-state index in [1.807, 2.05) is 4.90 Å². The summed E-state index contributed by atoms with van der Waals surface area (Å²) in [5.74, 6) is -0.134. The van der Waals surface area contributed by atoms with Gasteiger partial charge in [0.25, 0.3) is 5.91 Å². The Bertz CT molecular complexity index is 448. The molecule has 1 saturated heterocycles. The van der Waals surface area contributed by atoms with Crippen molar-refractivity contribution in [2.75, 3.05) is 30.8 Å². The summed E-state index contributed by atoms with van der Waals surface area (Å²) in [6.45, 7) is 1.39. The third kappa shape index (κ3) is 2.56. The molecule has 2 rings (SSSR count). The number of carbonyl (C=O) groups is 1. The van der Waals surface area contributed by atoms with Gasteiger partial charge in [0.1, 0.15) is 0 Å². The van der Waals surface area contributed by atoms with Crippen molar-refractivity contribution < 1.29 is 9.90 Å². The number of anilines is 2. The summed E-state index contributed by atoms with van der Waals surface area (Å²) in [5.41, 5.74) is 7.81. The van der Waals surface area contributed by atoms with Crippen LogP contribution in [0.15, 0.2) is 18.2 Å². The van der Waals surface area contributed by atoms with Gasteiger partial charge in [-0.25, -0.2) is 0 Å². The number of amides is 1. The molecule has 5 heteroatoms. The van der Waals surface area contributed by atoms with E-state index in [4.69, 9.17) is 5.73 Å². The number of benzene rings is 1. The molecular weight excluding hydrogens is 230 g/mol. The predicted octanol–water partition coefficient (Wildman–Crippen LogP) is 0.589. The third-order valence-corrected chi connectivity index (χ3v) is 3.23. The van der Waals surface area contributed by atoms with Crippen molar-refractivity contribution in [1.29, 1.82) is 0 Å². The summed E-state index contributed by atoms with van der Waals surface area (Å²) in [6, 6.07) is 5.24. The second-order valence-electron chi connectivity index (χ2n) is 4.60. The molecule has 4 N–H and O–H groups in total. The fraction of sp³-hybridized carbons (Fsp3) is 0.462. The van der Waals surface area contributed by atoms with Gasteiger partial charge in [0, 0.05) is 25.8 Å². The Labute approximate surface area is 107 Å². The molecule has 0 aromatic heterocycles. The van der Waals surface area contributed by atoms with Gasteiger partial charge in [0.15, 0.2) is 0 Å². The van der Waals surface area contributed by atoms with E-state index in [2.05, 4.69) is 5.32 Å². The number of rotatable bonds is 2. The molecule has 1 fully saturated rings. The fourth-order valence-corrected chi connectivity index (χ4v) is 2.31. The fourth-order valence-electron chi connectivity index (χ4n) is 2.31. The van der Waals surface area contributed by atoms with Crippen LogP contribution in [0.2, 0.25) is 0 Å². The molecule has 18 heavy (non-hydrogen) atoms. The monoisotopic (exact) mass is 249 g/mol. The Kier molecular flexibility index (Phi) is 3.72. The summed E-state index contributed by atoms with van der Waals surface area (Å²) >= 11 is 0. The number of aliphatic hydroxyl groups is 1. The van der Waals surface area contributed by atoms with Gasteiger partial charge in [0.2, 0.25) is 0 Å². The zero-order valence-corrected chi connectivity index (χ0v) is 10.5. The highest BCUT2D eigenvalue weighted by molar-refractivity contribution is 6.00. The lowest BCUT2D eigenvalue weighted by Gasteiger charge is -2.33. The van der Waals surface area contributed by atoms with Crippen molar-refractivity contribution in [2.24, 2.45) is 0 Å². The number of nitrogens with zero attached hydrogens (tertiary/aromatic N) is 1. The molecule has 0 spiro atoms. The van der Waals surface area contributed by atoms with E-state index in [-0.39, 0.29) is 12.0 Å². The Morgan fingerprint density at radius 2 is 2.33 bits per heavy atom. The molecule has 1 aliphatic rings. The van der Waals surface area contributed by atoms with E-state index < -0.39 is 0 Å². The van der Waals surface area contributed by atoms with E-state index in [1.165, 1.54) is 0 Å². The van der Waals surface area contributed by atoms with Crippen molar-refractivity contribution in [2.45, 2.75) is 18.9 Å². The molecular formula is C13H19N3O2. The van der Waals surface area contributed by atoms with Gasteiger partial charge in [-0.1, -0.05) is 0 Å². The van der Waals surface area contributed by atoms with E-state index >= 15 is 0 Å². The van der Waals surface area contributed by atoms with Crippen molar-refractivity contribution in [1.82, 2.24) is 5.32 Å². The van der Waals surface area contributed by atoms with Crippen LogP contribution in [0.3, 0.4) is 0 Å². The lowest BCUT2D eigenvalue weighted by molar-refractivity contribution is 0.0962. The van der Waals surface area contributed by atoms with E-state index in [0.29, 0.717) is 17.8 Å². The van der Waals surface area contributed by atoms with Crippen LogP contribution < -0.4 is 16.0 Å². The first kappa shape index (κ1) is 12.7. The normalized spacial score (nSPS) is 19.7. The summed E-state index contributed by atoms with van der Waals surface area (Å²) in [7, 11) is 1.60. The molecule has 5 nitrogen and oxygen atoms in total. The number of nitrogens with two attached hydrogens (primary N) is 1. The lowest BCUT2D eigenvalue weighted by Crippen LogP contribution is -2.39. The number of β-amino-alcohol motifs (C(OH)–C–C–N with tert-alkyl or cyclic N) is 1. The SMILES string of the molecule is CNC(=O)c1ccc(N)cc1N1CCCC(O)C1. The van der Waals surface area contributed by atoms with Crippen LogP contribution in [0.25, 0.3) is 0 Å². The Balaban J connectivity index is 2.35. The number of piperidine rings is 1. The summed E-state index contributed by atoms with van der Waals surface area (Å²) in [6.07, 6.45) is 1.40. The quantitative estimate of drug-likeness (QED) is 0.670. The number of hydrogen-bond donors (Lipinski definition) is 3. The minimum atomic E-state index is -0.335. The molecule has 0 radical (unpaired) electrons. The maximum atomic E-state index is 11.8. The van der Waals surface area contributed by atoms with Crippen LogP contribution in [-0.2, 0) is 0 Å². The molecule has 0 bridgehead atoms. The van der Waals surface area contributed by atoms with Crippen molar-refractivity contribution in [3.05, 3.63) is 23.8 Å².